The maximum atomic E-state index is 5.84. The fraction of sp³-hybridized carbons (Fsp3) is 0.238. The van der Waals surface area contributed by atoms with E-state index in [1.165, 1.54) is 5.56 Å². The Morgan fingerprint density at radius 3 is 2.52 bits per heavy atom. The van der Waals surface area contributed by atoms with Crippen LogP contribution in [0.25, 0.3) is 11.6 Å². The van der Waals surface area contributed by atoms with E-state index in [9.17, 15) is 0 Å². The first kappa shape index (κ1) is 18.7. The number of nitrogens with zero attached hydrogens (tertiary/aromatic N) is 5. The lowest BCUT2D eigenvalue weighted by Crippen LogP contribution is -2.02. The Labute approximate surface area is 169 Å². The summed E-state index contributed by atoms with van der Waals surface area (Å²) in [6.07, 6.45) is 5.24. The molecule has 0 unspecified atom stereocenters. The van der Waals surface area contributed by atoms with E-state index in [4.69, 9.17) is 4.42 Å². The zero-order chi connectivity index (χ0) is 20.2. The van der Waals surface area contributed by atoms with Crippen molar-refractivity contribution < 1.29 is 4.42 Å². The summed E-state index contributed by atoms with van der Waals surface area (Å²) in [7, 11) is 1.89. The minimum atomic E-state index is 0.332. The van der Waals surface area contributed by atoms with Crippen LogP contribution in [0, 0.1) is 0 Å². The molecule has 0 fully saturated rings. The van der Waals surface area contributed by atoms with Gasteiger partial charge in [0.05, 0.1) is 6.33 Å². The maximum Gasteiger partial charge on any atom is 0.320 e. The van der Waals surface area contributed by atoms with Gasteiger partial charge in [-0.1, -0.05) is 31.1 Å². The van der Waals surface area contributed by atoms with Gasteiger partial charge in [-0.3, -0.25) is 4.98 Å². The first-order valence-electron chi connectivity index (χ1n) is 9.45. The molecule has 3 heterocycles. The predicted octanol–water partition coefficient (Wildman–Crippen LogP) is 4.34. The fourth-order valence-electron chi connectivity index (χ4n) is 2.94. The molecule has 3 aromatic heterocycles. The highest BCUT2D eigenvalue weighted by Gasteiger charge is 2.18. The van der Waals surface area contributed by atoms with Gasteiger partial charge in [-0.2, -0.15) is 0 Å². The largest absolute Gasteiger partial charge is 0.401 e. The monoisotopic (exact) mass is 389 g/mol. The van der Waals surface area contributed by atoms with Crippen molar-refractivity contribution in [1.82, 2.24) is 24.7 Å². The van der Waals surface area contributed by atoms with Gasteiger partial charge in [0.15, 0.2) is 5.82 Å². The number of imidazole rings is 1. The van der Waals surface area contributed by atoms with Gasteiger partial charge in [0, 0.05) is 31.7 Å². The number of aromatic nitrogens is 5. The average Bonchev–Trinajstić information content (AvgIpc) is 3.33. The molecule has 0 aliphatic carbocycles. The maximum absolute atomic E-state index is 5.84. The van der Waals surface area contributed by atoms with E-state index >= 15 is 0 Å². The van der Waals surface area contributed by atoms with E-state index in [0.29, 0.717) is 30.2 Å². The van der Waals surface area contributed by atoms with E-state index < -0.39 is 0 Å². The molecule has 0 aliphatic rings. The molecule has 0 amide bonds. The number of nitrogens with one attached hydrogen (secondary N) is 2. The molecule has 4 aromatic rings. The normalized spacial score (nSPS) is 11.0. The molecule has 0 aliphatic heterocycles. The van der Waals surface area contributed by atoms with Crippen molar-refractivity contribution in [3.8, 4) is 11.6 Å². The Hall–Kier alpha value is -3.68. The van der Waals surface area contributed by atoms with Crippen LogP contribution in [-0.4, -0.2) is 24.7 Å². The minimum absolute atomic E-state index is 0.332. The Morgan fingerprint density at radius 1 is 1.03 bits per heavy atom. The third-order valence-electron chi connectivity index (χ3n) is 4.60. The van der Waals surface area contributed by atoms with E-state index in [1.807, 2.05) is 35.9 Å². The smallest absolute Gasteiger partial charge is 0.320 e. The molecule has 8 heteroatoms. The van der Waals surface area contributed by atoms with E-state index in [2.05, 4.69) is 56.8 Å². The molecule has 148 valence electrons. The van der Waals surface area contributed by atoms with Crippen LogP contribution in [-0.2, 0) is 13.6 Å². The lowest BCUT2D eigenvalue weighted by Gasteiger charge is -2.07. The van der Waals surface area contributed by atoms with Gasteiger partial charge in [0.2, 0.25) is 0 Å². The third kappa shape index (κ3) is 4.26. The first-order valence-corrected chi connectivity index (χ1v) is 9.45. The van der Waals surface area contributed by atoms with Gasteiger partial charge in [-0.05, 0) is 41.3 Å². The first-order chi connectivity index (χ1) is 14.1. The highest BCUT2D eigenvalue weighted by atomic mass is 16.4. The number of benzene rings is 1. The van der Waals surface area contributed by atoms with Crippen molar-refractivity contribution in [2.45, 2.75) is 26.3 Å². The van der Waals surface area contributed by atoms with Crippen LogP contribution in [0.2, 0.25) is 0 Å². The molecule has 0 saturated carbocycles. The molecule has 0 bridgehead atoms. The Balaban J connectivity index is 1.49. The van der Waals surface area contributed by atoms with Crippen molar-refractivity contribution in [3.05, 3.63) is 66.2 Å². The van der Waals surface area contributed by atoms with Crippen LogP contribution in [0.15, 0.2) is 59.5 Å². The summed E-state index contributed by atoms with van der Waals surface area (Å²) < 4.78 is 7.69. The van der Waals surface area contributed by atoms with Crippen molar-refractivity contribution in [1.29, 1.82) is 0 Å². The molecule has 1 aromatic carbocycles. The van der Waals surface area contributed by atoms with Crippen LogP contribution in [0.3, 0.4) is 0 Å². The summed E-state index contributed by atoms with van der Waals surface area (Å²) in [5.41, 5.74) is 4.01. The molecule has 0 saturated heterocycles. The van der Waals surface area contributed by atoms with Crippen LogP contribution in [0.4, 0.5) is 17.5 Å². The van der Waals surface area contributed by atoms with E-state index in [0.717, 1.165) is 16.9 Å². The number of rotatable bonds is 7. The van der Waals surface area contributed by atoms with Crippen molar-refractivity contribution in [2.75, 3.05) is 10.6 Å². The average molecular weight is 389 g/mol. The van der Waals surface area contributed by atoms with Gasteiger partial charge in [-0.25, -0.2) is 4.98 Å². The fourth-order valence-corrected chi connectivity index (χ4v) is 2.94. The zero-order valence-corrected chi connectivity index (χ0v) is 16.6. The lowest BCUT2D eigenvalue weighted by molar-refractivity contribution is 0.582. The summed E-state index contributed by atoms with van der Waals surface area (Å²) in [6.45, 7) is 4.95. The summed E-state index contributed by atoms with van der Waals surface area (Å²) in [4.78, 5) is 8.45. The highest BCUT2D eigenvalue weighted by Crippen LogP contribution is 2.28. The molecule has 4 rings (SSSR count). The third-order valence-corrected chi connectivity index (χ3v) is 4.60. The standard InChI is InChI=1S/C21H23N7O/c1-14(2)16-4-6-17(7-5-16)25-21-27-26-20(29-21)18-19(24-13-28(18)3)23-12-15-8-10-22-11-9-15/h4-11,13-14,23H,12H2,1-3H3,(H,25,27). The molecule has 0 atom stereocenters. The number of anilines is 3. The van der Waals surface area contributed by atoms with Gasteiger partial charge in [-0.15, -0.1) is 5.10 Å². The number of hydrogen-bond acceptors (Lipinski definition) is 7. The topological polar surface area (TPSA) is 93.7 Å². The van der Waals surface area contributed by atoms with E-state index in [1.54, 1.807) is 18.7 Å². The number of aryl methyl sites for hydroxylation is 1. The van der Waals surface area contributed by atoms with Crippen molar-refractivity contribution in [2.24, 2.45) is 7.05 Å². The predicted molar refractivity (Wildman–Crippen MR) is 112 cm³/mol. The lowest BCUT2D eigenvalue weighted by atomic mass is 10.0. The van der Waals surface area contributed by atoms with Crippen LogP contribution < -0.4 is 10.6 Å². The summed E-state index contributed by atoms with van der Waals surface area (Å²) >= 11 is 0. The van der Waals surface area contributed by atoms with Gasteiger partial charge in [0.25, 0.3) is 5.89 Å². The molecule has 0 spiro atoms. The quantitative estimate of drug-likeness (QED) is 0.485. The molecular weight excluding hydrogens is 366 g/mol. The van der Waals surface area contributed by atoms with Gasteiger partial charge < -0.3 is 19.6 Å². The van der Waals surface area contributed by atoms with Crippen molar-refractivity contribution in [3.63, 3.8) is 0 Å². The zero-order valence-electron chi connectivity index (χ0n) is 16.6. The second kappa shape index (κ2) is 8.14. The summed E-state index contributed by atoms with van der Waals surface area (Å²) in [5.74, 6) is 1.56. The van der Waals surface area contributed by atoms with Gasteiger partial charge >= 0.3 is 6.01 Å². The van der Waals surface area contributed by atoms with Crippen molar-refractivity contribution >= 4 is 17.5 Å². The van der Waals surface area contributed by atoms with E-state index in [-0.39, 0.29) is 0 Å². The number of hydrogen-bond donors (Lipinski definition) is 2. The van der Waals surface area contributed by atoms with Crippen LogP contribution >= 0.6 is 0 Å². The van der Waals surface area contributed by atoms with Crippen LogP contribution in [0.5, 0.6) is 0 Å². The molecule has 8 nitrogen and oxygen atoms in total. The highest BCUT2D eigenvalue weighted by molar-refractivity contribution is 5.66. The molecule has 2 N–H and O–H groups in total. The Morgan fingerprint density at radius 2 is 1.79 bits per heavy atom. The van der Waals surface area contributed by atoms with Crippen LogP contribution in [0.1, 0.15) is 30.9 Å². The number of pyridine rings is 1. The SMILES string of the molecule is CC(C)c1ccc(Nc2nnc(-c3c(NCc4ccncc4)ncn3C)o2)cc1. The molecule has 0 radical (unpaired) electrons. The molecular formula is C21H23N7O. The minimum Gasteiger partial charge on any atom is -0.401 e. The summed E-state index contributed by atoms with van der Waals surface area (Å²) in [5, 5.41) is 14.8. The van der Waals surface area contributed by atoms with Gasteiger partial charge in [0.1, 0.15) is 5.69 Å². The second-order valence-electron chi connectivity index (χ2n) is 7.08. The summed E-state index contributed by atoms with van der Waals surface area (Å²) in [6, 6.07) is 12.4. The Bertz CT molecular complexity index is 1070. The second-order valence-corrected chi connectivity index (χ2v) is 7.08. The Kier molecular flexibility index (Phi) is 5.24. The molecule has 29 heavy (non-hydrogen) atoms.